The molecule has 1 saturated heterocycles. The number of hydrogen-bond donors (Lipinski definition) is 1. The Hall–Kier alpha value is -1.33. The molecule has 1 aliphatic heterocycles. The van der Waals surface area contributed by atoms with Gasteiger partial charge >= 0.3 is 0 Å². The van der Waals surface area contributed by atoms with Crippen LogP contribution in [0.25, 0.3) is 11.0 Å². The van der Waals surface area contributed by atoms with E-state index in [1.165, 1.54) is 0 Å². The van der Waals surface area contributed by atoms with E-state index in [4.69, 9.17) is 9.52 Å². The molecule has 20 heavy (non-hydrogen) atoms. The summed E-state index contributed by atoms with van der Waals surface area (Å²) in [7, 11) is 0. The first-order valence-corrected chi connectivity index (χ1v) is 7.56. The van der Waals surface area contributed by atoms with Gasteiger partial charge in [-0.25, -0.2) is 0 Å². The van der Waals surface area contributed by atoms with Gasteiger partial charge in [0.05, 0.1) is 4.47 Å². The number of piperidine rings is 1. The van der Waals surface area contributed by atoms with E-state index in [2.05, 4.69) is 15.9 Å². The number of furan rings is 1. The van der Waals surface area contributed by atoms with Gasteiger partial charge in [0.1, 0.15) is 5.58 Å². The van der Waals surface area contributed by atoms with E-state index in [1.807, 2.05) is 18.2 Å². The first-order chi connectivity index (χ1) is 9.69. The Bertz CT molecular complexity index is 629. The molecule has 1 amide bonds. The molecule has 0 radical (unpaired) electrons. The third-order valence-electron chi connectivity index (χ3n) is 3.87. The predicted octanol–water partition coefficient (Wildman–Crippen LogP) is 3.04. The molecular weight excluding hydrogens is 322 g/mol. The van der Waals surface area contributed by atoms with E-state index in [0.29, 0.717) is 30.4 Å². The zero-order chi connectivity index (χ0) is 14.1. The average molecular weight is 338 g/mol. The lowest BCUT2D eigenvalue weighted by molar-refractivity contribution is 0.0622. The van der Waals surface area contributed by atoms with Gasteiger partial charge in [0.2, 0.25) is 0 Å². The van der Waals surface area contributed by atoms with Gasteiger partial charge in [-0.15, -0.1) is 0 Å². The Labute approximate surface area is 125 Å². The first-order valence-electron chi connectivity index (χ1n) is 6.77. The number of carbonyl (C=O) groups is 1. The van der Waals surface area contributed by atoms with Gasteiger partial charge < -0.3 is 14.4 Å². The average Bonchev–Trinajstić information content (AvgIpc) is 2.92. The highest BCUT2D eigenvalue weighted by molar-refractivity contribution is 9.10. The fraction of sp³-hybridized carbons (Fsp3) is 0.400. The van der Waals surface area contributed by atoms with Crippen molar-refractivity contribution in [1.82, 2.24) is 4.90 Å². The number of aliphatic hydroxyl groups excluding tert-OH is 1. The molecule has 1 N–H and O–H groups in total. The summed E-state index contributed by atoms with van der Waals surface area (Å²) in [6.07, 6.45) is 1.71. The standard InChI is InChI=1S/C15H16BrNO3/c16-12-3-1-2-11-8-13(20-14(11)12)15(19)17-6-4-10(9-18)5-7-17/h1-3,8,10,18H,4-7,9H2. The second-order valence-corrected chi connectivity index (χ2v) is 6.04. The van der Waals surface area contributed by atoms with Crippen LogP contribution in [0.4, 0.5) is 0 Å². The fourth-order valence-electron chi connectivity index (χ4n) is 2.61. The van der Waals surface area contributed by atoms with Crippen LogP contribution >= 0.6 is 15.9 Å². The summed E-state index contributed by atoms with van der Waals surface area (Å²) in [6, 6.07) is 7.54. The molecule has 3 rings (SSSR count). The molecule has 0 unspecified atom stereocenters. The molecule has 106 valence electrons. The van der Waals surface area contributed by atoms with Crippen LogP contribution in [0.15, 0.2) is 33.2 Å². The monoisotopic (exact) mass is 337 g/mol. The Balaban J connectivity index is 1.81. The van der Waals surface area contributed by atoms with E-state index >= 15 is 0 Å². The number of nitrogens with zero attached hydrogens (tertiary/aromatic N) is 1. The van der Waals surface area contributed by atoms with E-state index in [0.717, 1.165) is 22.7 Å². The Kier molecular flexibility index (Phi) is 3.81. The summed E-state index contributed by atoms with van der Waals surface area (Å²) in [4.78, 5) is 14.2. The smallest absolute Gasteiger partial charge is 0.289 e. The van der Waals surface area contributed by atoms with E-state index in [1.54, 1.807) is 11.0 Å². The maximum atomic E-state index is 12.4. The SMILES string of the molecule is O=C(c1cc2cccc(Br)c2o1)N1CCC(CO)CC1. The molecule has 0 spiro atoms. The summed E-state index contributed by atoms with van der Waals surface area (Å²) in [5.74, 6) is 0.641. The zero-order valence-electron chi connectivity index (χ0n) is 11.0. The van der Waals surface area contributed by atoms with Gasteiger partial charge in [-0.3, -0.25) is 4.79 Å². The van der Waals surface area contributed by atoms with Crippen LogP contribution in [0.5, 0.6) is 0 Å². The Morgan fingerprint density at radius 1 is 1.40 bits per heavy atom. The Morgan fingerprint density at radius 3 is 2.80 bits per heavy atom. The normalized spacial score (nSPS) is 16.8. The molecule has 5 heteroatoms. The molecule has 0 saturated carbocycles. The number of aliphatic hydroxyl groups is 1. The third kappa shape index (κ3) is 2.47. The van der Waals surface area contributed by atoms with Crippen LogP contribution in [0.2, 0.25) is 0 Å². The second kappa shape index (κ2) is 5.58. The molecule has 0 atom stereocenters. The minimum atomic E-state index is -0.0653. The molecule has 1 fully saturated rings. The highest BCUT2D eigenvalue weighted by atomic mass is 79.9. The number of fused-ring (bicyclic) bond motifs is 1. The highest BCUT2D eigenvalue weighted by Gasteiger charge is 2.25. The van der Waals surface area contributed by atoms with E-state index in [-0.39, 0.29) is 12.5 Å². The number of hydrogen-bond acceptors (Lipinski definition) is 3. The van der Waals surface area contributed by atoms with Crippen LogP contribution in [0, 0.1) is 5.92 Å². The topological polar surface area (TPSA) is 53.7 Å². The molecule has 2 aromatic rings. The van der Waals surface area contributed by atoms with Crippen molar-refractivity contribution in [2.75, 3.05) is 19.7 Å². The van der Waals surface area contributed by atoms with Gasteiger partial charge in [0.25, 0.3) is 5.91 Å². The number of likely N-dealkylation sites (tertiary alicyclic amines) is 1. The maximum absolute atomic E-state index is 12.4. The number of carbonyl (C=O) groups excluding carboxylic acids is 1. The largest absolute Gasteiger partial charge is 0.450 e. The maximum Gasteiger partial charge on any atom is 0.289 e. The zero-order valence-corrected chi connectivity index (χ0v) is 12.6. The number of amides is 1. The van der Waals surface area contributed by atoms with Gasteiger partial charge in [-0.2, -0.15) is 0 Å². The van der Waals surface area contributed by atoms with Crippen LogP contribution < -0.4 is 0 Å². The fourth-order valence-corrected chi connectivity index (χ4v) is 3.07. The lowest BCUT2D eigenvalue weighted by Gasteiger charge is -2.30. The number of benzene rings is 1. The number of para-hydroxylation sites is 1. The predicted molar refractivity (Wildman–Crippen MR) is 79.6 cm³/mol. The van der Waals surface area contributed by atoms with Crippen molar-refractivity contribution in [3.05, 3.63) is 34.5 Å². The van der Waals surface area contributed by atoms with Gasteiger partial charge in [-0.1, -0.05) is 12.1 Å². The number of halogens is 1. The van der Waals surface area contributed by atoms with Gasteiger partial charge in [0.15, 0.2) is 5.76 Å². The first kappa shape index (κ1) is 13.6. The number of rotatable bonds is 2. The van der Waals surface area contributed by atoms with Crippen LogP contribution in [-0.4, -0.2) is 35.6 Å². The van der Waals surface area contributed by atoms with Crippen molar-refractivity contribution in [2.45, 2.75) is 12.8 Å². The second-order valence-electron chi connectivity index (χ2n) is 5.19. The lowest BCUT2D eigenvalue weighted by Crippen LogP contribution is -2.39. The summed E-state index contributed by atoms with van der Waals surface area (Å²) < 4.78 is 6.53. The summed E-state index contributed by atoms with van der Waals surface area (Å²) in [5, 5.41) is 10.1. The minimum Gasteiger partial charge on any atom is -0.450 e. The highest BCUT2D eigenvalue weighted by Crippen LogP contribution is 2.28. The van der Waals surface area contributed by atoms with E-state index in [9.17, 15) is 4.79 Å². The van der Waals surface area contributed by atoms with Crippen LogP contribution in [0.1, 0.15) is 23.4 Å². The molecule has 1 aliphatic rings. The molecule has 1 aromatic heterocycles. The third-order valence-corrected chi connectivity index (χ3v) is 4.49. The van der Waals surface area contributed by atoms with Gasteiger partial charge in [-0.05, 0) is 46.8 Å². The summed E-state index contributed by atoms with van der Waals surface area (Å²) in [5.41, 5.74) is 0.709. The van der Waals surface area contributed by atoms with Gasteiger partial charge in [0, 0.05) is 25.1 Å². The van der Waals surface area contributed by atoms with E-state index < -0.39 is 0 Å². The minimum absolute atomic E-state index is 0.0653. The van der Waals surface area contributed by atoms with Crippen LogP contribution in [0.3, 0.4) is 0 Å². The molecule has 0 bridgehead atoms. The van der Waals surface area contributed by atoms with Crippen molar-refractivity contribution < 1.29 is 14.3 Å². The Morgan fingerprint density at radius 2 is 2.15 bits per heavy atom. The van der Waals surface area contributed by atoms with Crippen molar-refractivity contribution in [3.8, 4) is 0 Å². The van der Waals surface area contributed by atoms with Crippen molar-refractivity contribution >= 4 is 32.8 Å². The van der Waals surface area contributed by atoms with Crippen molar-refractivity contribution in [1.29, 1.82) is 0 Å². The molecule has 0 aliphatic carbocycles. The summed E-state index contributed by atoms with van der Waals surface area (Å²) in [6.45, 7) is 1.57. The molecule has 4 nitrogen and oxygen atoms in total. The molecular formula is C15H16BrNO3. The summed E-state index contributed by atoms with van der Waals surface area (Å²) >= 11 is 3.43. The lowest BCUT2D eigenvalue weighted by atomic mass is 9.98. The van der Waals surface area contributed by atoms with Crippen molar-refractivity contribution in [2.24, 2.45) is 5.92 Å². The van der Waals surface area contributed by atoms with Crippen molar-refractivity contribution in [3.63, 3.8) is 0 Å². The molecule has 2 heterocycles. The molecule has 1 aromatic carbocycles. The quantitative estimate of drug-likeness (QED) is 0.916. The van der Waals surface area contributed by atoms with Crippen LogP contribution in [-0.2, 0) is 0 Å².